The molecule has 0 aliphatic rings. The Morgan fingerprint density at radius 2 is 2.25 bits per heavy atom. The number of thiophene rings is 1. The van der Waals surface area contributed by atoms with Crippen molar-refractivity contribution in [1.29, 1.82) is 5.26 Å². The van der Waals surface area contributed by atoms with E-state index in [1.807, 2.05) is 13.0 Å². The molecule has 0 amide bonds. The van der Waals surface area contributed by atoms with Crippen LogP contribution in [0, 0.1) is 18.3 Å². The third kappa shape index (κ3) is 2.06. The predicted molar refractivity (Wildman–Crippen MR) is 79.1 cm³/mol. The highest BCUT2D eigenvalue weighted by atomic mass is 32.1. The highest BCUT2D eigenvalue weighted by molar-refractivity contribution is 7.13. The standard InChI is InChI=1S/C15H11N3OS/c1-9-5-13(20-8-9)11-6-10(7-16)15(17)18-14(11)12-3-2-4-19-12/h2-6,8H,1H3,(H2,17,18). The van der Waals surface area contributed by atoms with Gasteiger partial charge in [0.2, 0.25) is 0 Å². The number of hydrogen-bond donors (Lipinski definition) is 1. The first kappa shape index (κ1) is 12.5. The summed E-state index contributed by atoms with van der Waals surface area (Å²) in [5, 5.41) is 11.2. The fraction of sp³-hybridized carbons (Fsp3) is 0.0667. The van der Waals surface area contributed by atoms with Gasteiger partial charge in [-0.3, -0.25) is 0 Å². The molecule has 0 spiro atoms. The summed E-state index contributed by atoms with van der Waals surface area (Å²) in [6.45, 7) is 2.03. The zero-order valence-electron chi connectivity index (χ0n) is 10.8. The molecule has 0 saturated heterocycles. The summed E-state index contributed by atoms with van der Waals surface area (Å²) in [6.07, 6.45) is 1.59. The van der Waals surface area contributed by atoms with E-state index < -0.39 is 0 Å². The molecule has 3 aromatic rings. The van der Waals surface area contributed by atoms with E-state index in [2.05, 4.69) is 22.5 Å². The van der Waals surface area contributed by atoms with E-state index in [1.54, 1.807) is 29.7 Å². The third-order valence-corrected chi connectivity index (χ3v) is 4.00. The number of aryl methyl sites for hydroxylation is 1. The van der Waals surface area contributed by atoms with Gasteiger partial charge in [-0.15, -0.1) is 11.3 Å². The molecule has 3 heterocycles. The molecule has 5 heteroatoms. The highest BCUT2D eigenvalue weighted by Gasteiger charge is 2.16. The van der Waals surface area contributed by atoms with Gasteiger partial charge < -0.3 is 10.2 Å². The van der Waals surface area contributed by atoms with E-state index in [4.69, 9.17) is 15.4 Å². The SMILES string of the molecule is Cc1csc(-c2cc(C#N)c(N)nc2-c2ccco2)c1. The molecule has 0 saturated carbocycles. The average molecular weight is 281 g/mol. The molecule has 0 unspecified atom stereocenters. The normalized spacial score (nSPS) is 10.4. The molecular weight excluding hydrogens is 270 g/mol. The number of nitriles is 1. The van der Waals surface area contributed by atoms with Gasteiger partial charge in [-0.05, 0) is 42.1 Å². The lowest BCUT2D eigenvalue weighted by molar-refractivity contribution is 0.580. The molecule has 0 atom stereocenters. The summed E-state index contributed by atoms with van der Waals surface area (Å²) in [5.41, 5.74) is 8.89. The van der Waals surface area contributed by atoms with Crippen LogP contribution in [-0.4, -0.2) is 4.98 Å². The third-order valence-electron chi connectivity index (χ3n) is 2.92. The van der Waals surface area contributed by atoms with Crippen LogP contribution in [-0.2, 0) is 0 Å². The molecular formula is C15H11N3OS. The van der Waals surface area contributed by atoms with E-state index in [9.17, 15) is 0 Å². The lowest BCUT2D eigenvalue weighted by Crippen LogP contribution is -1.98. The number of furan rings is 1. The first-order chi connectivity index (χ1) is 9.69. The molecule has 0 bridgehead atoms. The van der Waals surface area contributed by atoms with Gasteiger partial charge in [-0.2, -0.15) is 5.26 Å². The van der Waals surface area contributed by atoms with Crippen molar-refractivity contribution in [2.24, 2.45) is 0 Å². The molecule has 4 nitrogen and oxygen atoms in total. The van der Waals surface area contributed by atoms with E-state index in [0.29, 0.717) is 17.0 Å². The fourth-order valence-corrected chi connectivity index (χ4v) is 2.90. The van der Waals surface area contributed by atoms with Gasteiger partial charge >= 0.3 is 0 Å². The first-order valence-electron chi connectivity index (χ1n) is 5.99. The summed E-state index contributed by atoms with van der Waals surface area (Å²) in [7, 11) is 0. The smallest absolute Gasteiger partial charge is 0.152 e. The number of pyridine rings is 1. The van der Waals surface area contributed by atoms with Gasteiger partial charge in [0.05, 0.1) is 11.8 Å². The van der Waals surface area contributed by atoms with Gasteiger partial charge in [0.1, 0.15) is 17.6 Å². The molecule has 3 aromatic heterocycles. The van der Waals surface area contributed by atoms with Crippen molar-refractivity contribution < 1.29 is 4.42 Å². The molecule has 3 rings (SSSR count). The maximum atomic E-state index is 9.13. The van der Waals surface area contributed by atoms with Crippen LogP contribution in [0.5, 0.6) is 0 Å². The van der Waals surface area contributed by atoms with Gasteiger partial charge in [0.25, 0.3) is 0 Å². The Balaban J connectivity index is 2.28. The number of anilines is 1. The summed E-state index contributed by atoms with van der Waals surface area (Å²) in [6, 6.07) is 9.53. The van der Waals surface area contributed by atoms with Crippen molar-refractivity contribution in [3.05, 3.63) is 47.0 Å². The Hall–Kier alpha value is -2.58. The minimum absolute atomic E-state index is 0.218. The minimum atomic E-state index is 0.218. The maximum Gasteiger partial charge on any atom is 0.152 e. The van der Waals surface area contributed by atoms with Crippen molar-refractivity contribution in [2.75, 3.05) is 5.73 Å². The molecule has 0 aliphatic heterocycles. The van der Waals surface area contributed by atoms with Crippen molar-refractivity contribution in [3.8, 4) is 28.0 Å². The number of aromatic nitrogens is 1. The molecule has 0 radical (unpaired) electrons. The van der Waals surface area contributed by atoms with Crippen molar-refractivity contribution in [3.63, 3.8) is 0 Å². The second kappa shape index (κ2) is 4.83. The Labute approximate surface area is 120 Å². The van der Waals surface area contributed by atoms with Gasteiger partial charge in [-0.1, -0.05) is 0 Å². The van der Waals surface area contributed by atoms with Crippen molar-refractivity contribution in [2.45, 2.75) is 6.92 Å². The highest BCUT2D eigenvalue weighted by Crippen LogP contribution is 2.36. The summed E-state index contributed by atoms with van der Waals surface area (Å²) >= 11 is 1.61. The zero-order valence-corrected chi connectivity index (χ0v) is 11.6. The van der Waals surface area contributed by atoms with Crippen LogP contribution >= 0.6 is 11.3 Å². The molecule has 0 aliphatic carbocycles. The Kier molecular flexibility index (Phi) is 3.01. The van der Waals surface area contributed by atoms with E-state index in [-0.39, 0.29) is 5.82 Å². The van der Waals surface area contributed by atoms with E-state index in [1.165, 1.54) is 5.56 Å². The predicted octanol–water partition coefficient (Wildman–Crippen LogP) is 3.83. The largest absolute Gasteiger partial charge is 0.463 e. The molecule has 20 heavy (non-hydrogen) atoms. The summed E-state index contributed by atoms with van der Waals surface area (Å²) in [5.74, 6) is 0.859. The second-order valence-corrected chi connectivity index (χ2v) is 5.31. The van der Waals surface area contributed by atoms with Gasteiger partial charge in [0.15, 0.2) is 5.76 Å². The molecule has 98 valence electrons. The zero-order chi connectivity index (χ0) is 14.1. The Bertz CT molecular complexity index is 797. The van der Waals surface area contributed by atoms with Gasteiger partial charge in [-0.25, -0.2) is 4.98 Å². The molecule has 0 fully saturated rings. The van der Waals surface area contributed by atoms with Crippen molar-refractivity contribution >= 4 is 17.2 Å². The van der Waals surface area contributed by atoms with Crippen LogP contribution in [0.1, 0.15) is 11.1 Å². The lowest BCUT2D eigenvalue weighted by atomic mass is 10.1. The van der Waals surface area contributed by atoms with Crippen LogP contribution < -0.4 is 5.73 Å². The van der Waals surface area contributed by atoms with Crippen LogP contribution in [0.25, 0.3) is 21.9 Å². The van der Waals surface area contributed by atoms with Crippen LogP contribution in [0.3, 0.4) is 0 Å². The number of nitrogen functional groups attached to an aromatic ring is 1. The maximum absolute atomic E-state index is 9.13. The van der Waals surface area contributed by atoms with E-state index >= 15 is 0 Å². The Morgan fingerprint density at radius 1 is 1.40 bits per heavy atom. The lowest BCUT2D eigenvalue weighted by Gasteiger charge is -2.07. The molecule has 0 aromatic carbocycles. The number of hydrogen-bond acceptors (Lipinski definition) is 5. The summed E-state index contributed by atoms with van der Waals surface area (Å²) in [4.78, 5) is 5.38. The number of nitrogens with zero attached hydrogens (tertiary/aromatic N) is 2. The summed E-state index contributed by atoms with van der Waals surface area (Å²) < 4.78 is 5.42. The molecule has 2 N–H and O–H groups in total. The first-order valence-corrected chi connectivity index (χ1v) is 6.87. The fourth-order valence-electron chi connectivity index (χ4n) is 1.98. The minimum Gasteiger partial charge on any atom is -0.463 e. The van der Waals surface area contributed by atoms with Crippen molar-refractivity contribution in [1.82, 2.24) is 4.98 Å². The monoisotopic (exact) mass is 281 g/mol. The number of rotatable bonds is 2. The van der Waals surface area contributed by atoms with E-state index in [0.717, 1.165) is 10.4 Å². The van der Waals surface area contributed by atoms with Gasteiger partial charge in [0, 0.05) is 10.4 Å². The quantitative estimate of drug-likeness (QED) is 0.774. The average Bonchev–Trinajstić information content (AvgIpc) is 3.09. The van der Waals surface area contributed by atoms with Crippen LogP contribution in [0.2, 0.25) is 0 Å². The second-order valence-electron chi connectivity index (χ2n) is 4.39. The topological polar surface area (TPSA) is 75.8 Å². The van der Waals surface area contributed by atoms with Crippen LogP contribution in [0.4, 0.5) is 5.82 Å². The van der Waals surface area contributed by atoms with Crippen LogP contribution in [0.15, 0.2) is 40.3 Å². The number of nitrogens with two attached hydrogens (primary N) is 1. The Morgan fingerprint density at radius 3 is 2.85 bits per heavy atom.